The van der Waals surface area contributed by atoms with E-state index < -0.39 is 0 Å². The lowest BCUT2D eigenvalue weighted by molar-refractivity contribution is 0.949. The molecule has 1 aliphatic heterocycles. The molecule has 0 amide bonds. The summed E-state index contributed by atoms with van der Waals surface area (Å²) in [5.41, 5.74) is 6.60. The van der Waals surface area contributed by atoms with E-state index in [4.69, 9.17) is 0 Å². The highest BCUT2D eigenvalue weighted by Crippen LogP contribution is 2.24. The Hall–Kier alpha value is -1.96. The van der Waals surface area contributed by atoms with Gasteiger partial charge >= 0.3 is 0 Å². The average molecular weight is 280 g/mol. The fourth-order valence-electron chi connectivity index (χ4n) is 2.98. The maximum absolute atomic E-state index is 3.57. The van der Waals surface area contributed by atoms with Crippen molar-refractivity contribution in [3.8, 4) is 0 Å². The molecular weight excluding hydrogens is 256 g/mol. The van der Waals surface area contributed by atoms with E-state index in [1.54, 1.807) is 0 Å². The normalized spacial score (nSPS) is 14.5. The Bertz CT molecular complexity index is 613. The monoisotopic (exact) mass is 280 g/mol. The molecule has 2 aromatic rings. The van der Waals surface area contributed by atoms with Crippen LogP contribution in [0, 0.1) is 13.8 Å². The van der Waals surface area contributed by atoms with Crippen molar-refractivity contribution in [1.82, 2.24) is 0 Å². The zero-order valence-corrected chi connectivity index (χ0v) is 13.0. The van der Waals surface area contributed by atoms with E-state index in [1.165, 1.54) is 54.0 Å². The minimum atomic E-state index is 0.886. The van der Waals surface area contributed by atoms with Crippen molar-refractivity contribution < 1.29 is 0 Å². The van der Waals surface area contributed by atoms with Crippen LogP contribution in [0.3, 0.4) is 0 Å². The van der Waals surface area contributed by atoms with Crippen LogP contribution in [0.1, 0.15) is 29.5 Å². The largest absolute Gasteiger partial charge is 0.381 e. The lowest BCUT2D eigenvalue weighted by Crippen LogP contribution is -2.17. The van der Waals surface area contributed by atoms with Crippen LogP contribution in [-0.2, 0) is 6.54 Å². The number of anilines is 2. The minimum Gasteiger partial charge on any atom is -0.381 e. The first-order chi connectivity index (χ1) is 10.2. The van der Waals surface area contributed by atoms with Gasteiger partial charge in [0.25, 0.3) is 0 Å². The average Bonchev–Trinajstić information content (AvgIpc) is 3.03. The van der Waals surface area contributed by atoms with Crippen molar-refractivity contribution in [3.05, 3.63) is 59.2 Å². The molecule has 1 aliphatic rings. The molecule has 2 heteroatoms. The number of aryl methyl sites for hydroxylation is 2. The summed E-state index contributed by atoms with van der Waals surface area (Å²) in [4.78, 5) is 2.48. The SMILES string of the molecule is Cc1ccc(C)c(CNc2cccc(N3CCCC3)c2)c1. The summed E-state index contributed by atoms with van der Waals surface area (Å²) in [5, 5.41) is 3.57. The van der Waals surface area contributed by atoms with Crippen molar-refractivity contribution in [1.29, 1.82) is 0 Å². The maximum atomic E-state index is 3.57. The first-order valence-electron chi connectivity index (χ1n) is 7.87. The quantitative estimate of drug-likeness (QED) is 0.886. The molecule has 0 spiro atoms. The lowest BCUT2D eigenvalue weighted by atomic mass is 10.1. The predicted octanol–water partition coefficient (Wildman–Crippen LogP) is 4.52. The van der Waals surface area contributed by atoms with Crippen LogP contribution in [0.4, 0.5) is 11.4 Å². The summed E-state index contributed by atoms with van der Waals surface area (Å²) in [6.07, 6.45) is 2.64. The maximum Gasteiger partial charge on any atom is 0.0403 e. The minimum absolute atomic E-state index is 0.886. The first-order valence-corrected chi connectivity index (χ1v) is 7.87. The van der Waals surface area contributed by atoms with Gasteiger partial charge in [0.15, 0.2) is 0 Å². The van der Waals surface area contributed by atoms with Crippen LogP contribution in [0.5, 0.6) is 0 Å². The van der Waals surface area contributed by atoms with Gasteiger partial charge in [0.1, 0.15) is 0 Å². The molecule has 1 fully saturated rings. The summed E-state index contributed by atoms with van der Waals surface area (Å²) in [6, 6.07) is 15.4. The highest BCUT2D eigenvalue weighted by Gasteiger charge is 2.12. The Balaban J connectivity index is 1.70. The van der Waals surface area contributed by atoms with Crippen molar-refractivity contribution >= 4 is 11.4 Å². The summed E-state index contributed by atoms with van der Waals surface area (Å²) >= 11 is 0. The van der Waals surface area contributed by atoms with Gasteiger partial charge < -0.3 is 10.2 Å². The summed E-state index contributed by atoms with van der Waals surface area (Å²) in [6.45, 7) is 7.60. The van der Waals surface area contributed by atoms with Crippen molar-refractivity contribution in [3.63, 3.8) is 0 Å². The Morgan fingerprint density at radius 3 is 2.62 bits per heavy atom. The van der Waals surface area contributed by atoms with Gasteiger partial charge in [-0.3, -0.25) is 0 Å². The second-order valence-electron chi connectivity index (χ2n) is 6.03. The van der Waals surface area contributed by atoms with Crippen LogP contribution >= 0.6 is 0 Å². The number of hydrogen-bond acceptors (Lipinski definition) is 2. The third-order valence-electron chi connectivity index (χ3n) is 4.30. The molecule has 1 N–H and O–H groups in total. The van der Waals surface area contributed by atoms with Crippen LogP contribution < -0.4 is 10.2 Å². The molecule has 3 rings (SSSR count). The summed E-state index contributed by atoms with van der Waals surface area (Å²) in [7, 11) is 0. The van der Waals surface area contributed by atoms with Gasteiger partial charge in [-0.05, 0) is 56.0 Å². The fraction of sp³-hybridized carbons (Fsp3) is 0.368. The number of rotatable bonds is 4. The third kappa shape index (κ3) is 3.38. The van der Waals surface area contributed by atoms with Gasteiger partial charge in [-0.15, -0.1) is 0 Å². The molecule has 0 saturated carbocycles. The fourth-order valence-corrected chi connectivity index (χ4v) is 2.98. The molecule has 0 unspecified atom stereocenters. The van der Waals surface area contributed by atoms with Crippen LogP contribution in [0.15, 0.2) is 42.5 Å². The molecular formula is C19H24N2. The second kappa shape index (κ2) is 6.21. The van der Waals surface area contributed by atoms with Gasteiger partial charge in [0.2, 0.25) is 0 Å². The number of nitrogens with one attached hydrogen (secondary N) is 1. The van der Waals surface area contributed by atoms with Crippen molar-refractivity contribution in [2.45, 2.75) is 33.2 Å². The van der Waals surface area contributed by atoms with Gasteiger partial charge in [0, 0.05) is 31.0 Å². The topological polar surface area (TPSA) is 15.3 Å². The van der Waals surface area contributed by atoms with Crippen LogP contribution in [0.25, 0.3) is 0 Å². The van der Waals surface area contributed by atoms with E-state index in [2.05, 4.69) is 66.5 Å². The van der Waals surface area contributed by atoms with Gasteiger partial charge in [-0.1, -0.05) is 29.8 Å². The molecule has 0 atom stereocenters. The molecule has 0 radical (unpaired) electrons. The number of nitrogens with zero attached hydrogens (tertiary/aromatic N) is 1. The van der Waals surface area contributed by atoms with E-state index in [1.807, 2.05) is 0 Å². The predicted molar refractivity (Wildman–Crippen MR) is 91.1 cm³/mol. The van der Waals surface area contributed by atoms with Crippen LogP contribution in [0.2, 0.25) is 0 Å². The Labute approximate surface area is 127 Å². The van der Waals surface area contributed by atoms with E-state index in [9.17, 15) is 0 Å². The second-order valence-corrected chi connectivity index (χ2v) is 6.03. The van der Waals surface area contributed by atoms with Crippen molar-refractivity contribution in [2.24, 2.45) is 0 Å². The van der Waals surface area contributed by atoms with Crippen molar-refractivity contribution in [2.75, 3.05) is 23.3 Å². The molecule has 0 bridgehead atoms. The van der Waals surface area contributed by atoms with Gasteiger partial charge in [-0.2, -0.15) is 0 Å². The molecule has 1 saturated heterocycles. The summed E-state index contributed by atoms with van der Waals surface area (Å²) < 4.78 is 0. The van der Waals surface area contributed by atoms with Gasteiger partial charge in [0.05, 0.1) is 0 Å². The number of hydrogen-bond donors (Lipinski definition) is 1. The highest BCUT2D eigenvalue weighted by molar-refractivity contribution is 5.58. The zero-order chi connectivity index (χ0) is 14.7. The molecule has 0 aliphatic carbocycles. The molecule has 2 aromatic carbocycles. The van der Waals surface area contributed by atoms with Crippen LogP contribution in [-0.4, -0.2) is 13.1 Å². The van der Waals surface area contributed by atoms with E-state index in [0.29, 0.717) is 0 Å². The third-order valence-corrected chi connectivity index (χ3v) is 4.30. The van der Waals surface area contributed by atoms with E-state index in [0.717, 1.165) is 6.54 Å². The van der Waals surface area contributed by atoms with E-state index in [-0.39, 0.29) is 0 Å². The standard InChI is InChI=1S/C19H24N2/c1-15-8-9-16(2)17(12-15)14-20-18-6-5-7-19(13-18)21-10-3-4-11-21/h5-9,12-13,20H,3-4,10-11,14H2,1-2H3. The Morgan fingerprint density at radius 1 is 1.00 bits per heavy atom. The molecule has 2 nitrogen and oxygen atoms in total. The summed E-state index contributed by atoms with van der Waals surface area (Å²) in [5.74, 6) is 0. The molecule has 110 valence electrons. The highest BCUT2D eigenvalue weighted by atomic mass is 15.1. The Kier molecular flexibility index (Phi) is 4.14. The zero-order valence-electron chi connectivity index (χ0n) is 13.0. The smallest absolute Gasteiger partial charge is 0.0403 e. The van der Waals surface area contributed by atoms with E-state index >= 15 is 0 Å². The van der Waals surface area contributed by atoms with Gasteiger partial charge in [-0.25, -0.2) is 0 Å². The lowest BCUT2D eigenvalue weighted by Gasteiger charge is -2.19. The Morgan fingerprint density at radius 2 is 1.81 bits per heavy atom. The first kappa shape index (κ1) is 14.0. The number of benzene rings is 2. The molecule has 1 heterocycles. The molecule has 21 heavy (non-hydrogen) atoms. The molecule has 0 aromatic heterocycles.